The average molecular weight is 626 g/mol. The van der Waals surface area contributed by atoms with E-state index in [-0.39, 0.29) is 34.9 Å². The predicted octanol–water partition coefficient (Wildman–Crippen LogP) is 2.92. The summed E-state index contributed by atoms with van der Waals surface area (Å²) in [6, 6.07) is 5.23. The number of nitrogens with one attached hydrogen (secondary N) is 1. The fraction of sp³-hybridized carbons (Fsp3) is 0.480. The number of nitrogens with zero attached hydrogens (tertiary/aromatic N) is 5. The van der Waals surface area contributed by atoms with Crippen LogP contribution in [0.25, 0.3) is 11.2 Å². The van der Waals surface area contributed by atoms with E-state index in [4.69, 9.17) is 40.6 Å². The van der Waals surface area contributed by atoms with Crippen molar-refractivity contribution < 1.29 is 37.7 Å². The fourth-order valence-corrected chi connectivity index (χ4v) is 6.08. The molecule has 0 spiro atoms. The van der Waals surface area contributed by atoms with Crippen LogP contribution in [0, 0.1) is 0 Å². The summed E-state index contributed by atoms with van der Waals surface area (Å²) < 4.78 is 43.6. The number of ether oxygens (including phenoxy) is 3. The van der Waals surface area contributed by atoms with Gasteiger partial charge in [-0.1, -0.05) is 23.7 Å². The molecule has 1 saturated heterocycles. The predicted molar refractivity (Wildman–Crippen MR) is 154 cm³/mol. The first-order chi connectivity index (χ1) is 20.0. The lowest BCUT2D eigenvalue weighted by Gasteiger charge is -2.28. The molecule has 228 valence electrons. The molecule has 4 rings (SSSR count). The number of hydrogen-bond acceptors (Lipinski definition) is 13. The number of aliphatic hydroxyl groups is 1. The molecule has 0 saturated carbocycles. The number of aromatic nitrogens is 4. The first-order valence-corrected chi connectivity index (χ1v) is 15.0. The number of nitrogens with two attached hydrogens (primary N) is 1. The van der Waals surface area contributed by atoms with Gasteiger partial charge >= 0.3 is 13.7 Å². The van der Waals surface area contributed by atoms with E-state index in [0.717, 1.165) is 0 Å². The van der Waals surface area contributed by atoms with Gasteiger partial charge in [-0.05, 0) is 46.5 Å². The Morgan fingerprint density at radius 1 is 1.36 bits per heavy atom. The van der Waals surface area contributed by atoms with Gasteiger partial charge in [-0.3, -0.25) is 18.9 Å². The number of esters is 1. The average Bonchev–Trinajstić information content (AvgIpc) is 3.47. The monoisotopic (exact) mass is 625 g/mol. The summed E-state index contributed by atoms with van der Waals surface area (Å²) in [4.78, 5) is 29.2. The molecular weight excluding hydrogens is 593 g/mol. The molecule has 0 aliphatic carbocycles. The van der Waals surface area contributed by atoms with Crippen LogP contribution in [-0.4, -0.2) is 80.9 Å². The maximum absolute atomic E-state index is 13.9. The number of carbonyl (C=O) groups excluding carboxylic acids is 1. The molecule has 3 aromatic rings. The third-order valence-corrected chi connectivity index (χ3v) is 8.43. The minimum atomic E-state index is -4.32. The number of nitrogen functional groups attached to an aromatic ring is 1. The van der Waals surface area contributed by atoms with Gasteiger partial charge in [0.1, 0.15) is 29.5 Å². The van der Waals surface area contributed by atoms with Crippen molar-refractivity contribution in [3.05, 3.63) is 35.6 Å². The minimum absolute atomic E-state index is 0.0432. The number of imidazole rings is 1. The van der Waals surface area contributed by atoms with Crippen molar-refractivity contribution in [2.45, 2.75) is 57.7 Å². The highest BCUT2D eigenvalue weighted by atomic mass is 35.5. The topological polar surface area (TPSA) is 195 Å². The molecule has 4 N–H and O–H groups in total. The van der Waals surface area contributed by atoms with Crippen LogP contribution in [0.5, 0.6) is 11.6 Å². The largest absolute Gasteiger partial charge is 0.476 e. The number of anilines is 1. The molecule has 1 aromatic carbocycles. The van der Waals surface area contributed by atoms with Crippen molar-refractivity contribution in [1.29, 1.82) is 0 Å². The van der Waals surface area contributed by atoms with Gasteiger partial charge in [0.25, 0.3) is 0 Å². The van der Waals surface area contributed by atoms with Crippen LogP contribution in [0.15, 0.2) is 35.6 Å². The van der Waals surface area contributed by atoms with Crippen molar-refractivity contribution in [3.63, 3.8) is 0 Å². The summed E-state index contributed by atoms with van der Waals surface area (Å²) in [6.07, 6.45) is -1.97. The Kier molecular flexibility index (Phi) is 9.70. The Balaban J connectivity index is 1.62. The molecule has 3 heterocycles. The zero-order chi connectivity index (χ0) is 30.7. The van der Waals surface area contributed by atoms with Gasteiger partial charge in [0.15, 0.2) is 17.4 Å². The number of fused-ring (bicyclic) bond motifs is 1. The summed E-state index contributed by atoms with van der Waals surface area (Å²) in [6.45, 7) is 10.1. The van der Waals surface area contributed by atoms with Crippen LogP contribution in [0.1, 0.15) is 33.9 Å². The Morgan fingerprint density at radius 3 is 2.76 bits per heavy atom. The Hall–Kier alpha value is -3.33. The summed E-state index contributed by atoms with van der Waals surface area (Å²) >= 11 is 6.21. The van der Waals surface area contributed by atoms with Gasteiger partial charge in [-0.25, -0.2) is 9.55 Å². The first kappa shape index (κ1) is 31.6. The van der Waals surface area contributed by atoms with Crippen LogP contribution < -0.4 is 20.1 Å². The molecule has 1 aliphatic rings. The van der Waals surface area contributed by atoms with Crippen molar-refractivity contribution in [3.8, 4) is 11.6 Å². The normalized spacial score (nSPS) is 24.2. The van der Waals surface area contributed by atoms with Crippen molar-refractivity contribution in [1.82, 2.24) is 24.6 Å². The van der Waals surface area contributed by atoms with Gasteiger partial charge in [-0.2, -0.15) is 15.1 Å². The number of carbonyl (C=O) groups is 1. The van der Waals surface area contributed by atoms with Crippen LogP contribution in [0.2, 0.25) is 5.02 Å². The second-order valence-electron chi connectivity index (χ2n) is 9.42. The molecule has 2 aromatic heterocycles. The van der Waals surface area contributed by atoms with E-state index in [1.165, 1.54) is 30.0 Å². The zero-order valence-electron chi connectivity index (χ0n) is 23.5. The lowest BCUT2D eigenvalue weighted by Crippen LogP contribution is -2.43. The lowest BCUT2D eigenvalue weighted by atomic mass is 9.93. The van der Waals surface area contributed by atoms with E-state index >= 15 is 0 Å². The smallest absolute Gasteiger partial charge is 0.459 e. The molecule has 6 atom stereocenters. The molecule has 0 radical (unpaired) electrons. The highest BCUT2D eigenvalue weighted by Crippen LogP contribution is 2.49. The summed E-state index contributed by atoms with van der Waals surface area (Å²) in [7, 11) is -4.32. The molecule has 0 bridgehead atoms. The van der Waals surface area contributed by atoms with E-state index in [1.807, 2.05) is 0 Å². The number of halogens is 1. The maximum atomic E-state index is 13.9. The summed E-state index contributed by atoms with van der Waals surface area (Å²) in [5.41, 5.74) is 5.16. The second kappa shape index (κ2) is 12.9. The van der Waals surface area contributed by atoms with E-state index < -0.39 is 50.3 Å². The minimum Gasteiger partial charge on any atom is -0.476 e. The Labute approximate surface area is 246 Å². The van der Waals surface area contributed by atoms with Crippen LogP contribution >= 0.6 is 19.3 Å². The number of aliphatic imine (C=N–C) groups is 1. The Bertz CT molecular complexity index is 1490. The standard InChI is InChI=1S/C25H33ClN7O8P/c1-6-37-21-18-20(30-24(27)31-21)33(13-29-18)23-25(4,28-5)19(34)17(40-23)12-39-42(36,32-14(3)22(35)38-7-2)41-16-11-9-8-10-15(16)26/h8-11,13-14,17,19,23,34H,5-7,12H2,1-4H3,(H,32,36)(H2,27,30,31)/t14-,17+,19+,23+,25+,42?/m0/s1. The molecule has 42 heavy (non-hydrogen) atoms. The van der Waals surface area contributed by atoms with Crippen LogP contribution in [0.3, 0.4) is 0 Å². The van der Waals surface area contributed by atoms with Crippen LogP contribution in [-0.2, 0) is 23.4 Å². The number of hydrogen-bond donors (Lipinski definition) is 3. The maximum Gasteiger partial charge on any atom is 0.459 e. The molecule has 15 nitrogen and oxygen atoms in total. The summed E-state index contributed by atoms with van der Waals surface area (Å²) in [5.74, 6) is -0.505. The van der Waals surface area contributed by atoms with Crippen molar-refractivity contribution in [2.24, 2.45) is 4.99 Å². The van der Waals surface area contributed by atoms with Gasteiger partial charge in [0, 0.05) is 0 Å². The van der Waals surface area contributed by atoms with Gasteiger partial charge in [0.2, 0.25) is 11.8 Å². The third kappa shape index (κ3) is 6.36. The third-order valence-electron chi connectivity index (χ3n) is 6.49. The number of rotatable bonds is 13. The van der Waals surface area contributed by atoms with Gasteiger partial charge in [-0.15, -0.1) is 0 Å². The van der Waals surface area contributed by atoms with Crippen molar-refractivity contribution in [2.75, 3.05) is 25.6 Å². The van der Waals surface area contributed by atoms with Gasteiger partial charge < -0.3 is 29.6 Å². The van der Waals surface area contributed by atoms with Crippen molar-refractivity contribution >= 4 is 49.1 Å². The number of benzene rings is 1. The molecule has 1 aliphatic heterocycles. The molecular formula is C25H33ClN7O8P. The van der Waals surface area contributed by atoms with Crippen LogP contribution in [0.4, 0.5) is 5.95 Å². The SMILES string of the molecule is C=N[C@]1(C)[C@H](O)[C@@H](COP(=O)(N[C@@H](C)C(=O)OCC)Oc2ccccc2Cl)O[C@H]1n1cnc2c(OCC)nc(N)nc21. The highest BCUT2D eigenvalue weighted by molar-refractivity contribution is 7.52. The highest BCUT2D eigenvalue weighted by Gasteiger charge is 2.55. The first-order valence-electron chi connectivity index (χ1n) is 13.0. The Morgan fingerprint density at radius 2 is 2.10 bits per heavy atom. The molecule has 1 fully saturated rings. The molecule has 17 heteroatoms. The molecule has 1 unspecified atom stereocenters. The zero-order valence-corrected chi connectivity index (χ0v) is 25.1. The van der Waals surface area contributed by atoms with Gasteiger partial charge in [0.05, 0.1) is 31.2 Å². The quantitative estimate of drug-likeness (QED) is 0.143. The number of aliphatic hydroxyl groups excluding tert-OH is 1. The molecule has 0 amide bonds. The van der Waals surface area contributed by atoms with E-state index in [2.05, 4.69) is 31.7 Å². The lowest BCUT2D eigenvalue weighted by molar-refractivity contribution is -0.144. The fourth-order valence-electron chi connectivity index (χ4n) is 4.33. The number of para-hydroxylation sites is 1. The summed E-state index contributed by atoms with van der Waals surface area (Å²) in [5, 5.41) is 14.0. The van der Waals surface area contributed by atoms with E-state index in [0.29, 0.717) is 12.1 Å². The second-order valence-corrected chi connectivity index (χ2v) is 11.5. The van der Waals surface area contributed by atoms with E-state index in [1.54, 1.807) is 32.9 Å². The van der Waals surface area contributed by atoms with E-state index in [9.17, 15) is 14.5 Å².